The number of ether oxygens (including phenoxy) is 3. The van der Waals surface area contributed by atoms with Crippen molar-refractivity contribution in [1.29, 1.82) is 0 Å². The van der Waals surface area contributed by atoms with E-state index < -0.39 is 103 Å². The van der Waals surface area contributed by atoms with Crippen molar-refractivity contribution in [2.45, 2.75) is 115 Å². The highest BCUT2D eigenvalue weighted by atomic mass is 19.4. The lowest BCUT2D eigenvalue weighted by molar-refractivity contribution is -0.230. The SMILES string of the molecule is C=C(c1cc(C2=NC=CC(F)C2)cc(F)c1CNCC(O)C(CC1C=CC(C#Cc2ccc(N3CCN4CCOCC4C3)nc2)=CC1)NC(O)C(NC(=O)OC)C(C)(C)C(F)(F)F)C(N)C(NC(=O)OC)C(C)(C)C(F)(F)F. The standard InChI is InChI=1S/C54H69F8N9O7/c1-31(45(63)46(68-49(74)76-6)51(2,3)53(57,58)59)38-23-35(41-25-36(55)16-17-65-41)24-40(56)39(38)27-64-28-43(72)42(67-48(73)47(69-50(75)77-7)52(4,5)54(60,61)62)22-33-11-8-32(9-12-33)10-13-34-14-15-44(66-26-34)71-19-18-70-20-21-78-30-37(70)29-71/h8-9,11,14-17,23-24,26,33,36-37,42-43,45-48,64,67,72-73H,1,12,18-22,25,27-30,63H2,2-7H3,(H,68,74)(H,69,75). The molecule has 2 aromatic rings. The number of hydrogen-bond donors (Lipinski definition) is 7. The van der Waals surface area contributed by atoms with Crippen LogP contribution in [0.4, 0.5) is 50.5 Å². The number of aliphatic imine (C=N–C) groups is 1. The van der Waals surface area contributed by atoms with Crippen LogP contribution < -0.4 is 31.9 Å². The number of carbonyl (C=O) groups excluding carboxylic acids is 2. The van der Waals surface area contributed by atoms with Crippen molar-refractivity contribution in [3.63, 3.8) is 0 Å². The summed E-state index contributed by atoms with van der Waals surface area (Å²) >= 11 is 0. The minimum Gasteiger partial charge on any atom is -0.453 e. The fraction of sp³-hybridized carbons (Fsp3) is 0.556. The largest absolute Gasteiger partial charge is 0.453 e. The van der Waals surface area contributed by atoms with Crippen molar-refractivity contribution in [2.75, 3.05) is 65.1 Å². The molecule has 1 aromatic carbocycles. The van der Waals surface area contributed by atoms with Gasteiger partial charge in [-0.3, -0.25) is 15.2 Å². The van der Waals surface area contributed by atoms with E-state index in [1.807, 2.05) is 18.2 Å². The number of piperazine rings is 1. The fourth-order valence-corrected chi connectivity index (χ4v) is 9.62. The molecule has 9 atom stereocenters. The van der Waals surface area contributed by atoms with Gasteiger partial charge in [0.05, 0.1) is 74.2 Å². The third kappa shape index (κ3) is 15.0. The Hall–Kier alpha value is -5.94. The van der Waals surface area contributed by atoms with E-state index in [-0.39, 0.29) is 40.8 Å². The van der Waals surface area contributed by atoms with E-state index in [9.17, 15) is 50.5 Å². The fourth-order valence-electron chi connectivity index (χ4n) is 9.62. The van der Waals surface area contributed by atoms with Crippen LogP contribution in [0, 0.1) is 34.4 Å². The van der Waals surface area contributed by atoms with Gasteiger partial charge >= 0.3 is 24.5 Å². The molecular weight excluding hydrogens is 1040 g/mol. The second-order valence-electron chi connectivity index (χ2n) is 20.9. The molecule has 0 bridgehead atoms. The molecule has 78 heavy (non-hydrogen) atoms. The van der Waals surface area contributed by atoms with Gasteiger partial charge in [-0.2, -0.15) is 26.3 Å². The van der Waals surface area contributed by atoms with Gasteiger partial charge in [-0.05, 0) is 93.5 Å². The van der Waals surface area contributed by atoms with Crippen LogP contribution >= 0.6 is 0 Å². The summed E-state index contributed by atoms with van der Waals surface area (Å²) < 4.78 is 133. The van der Waals surface area contributed by atoms with Gasteiger partial charge in [0.1, 0.15) is 24.0 Å². The van der Waals surface area contributed by atoms with E-state index in [0.29, 0.717) is 30.2 Å². The molecule has 428 valence electrons. The lowest BCUT2D eigenvalue weighted by Gasteiger charge is -2.44. The van der Waals surface area contributed by atoms with Gasteiger partial charge in [0.25, 0.3) is 0 Å². The Labute approximate surface area is 448 Å². The molecule has 2 fully saturated rings. The molecule has 6 rings (SSSR count). The second-order valence-corrected chi connectivity index (χ2v) is 20.9. The number of aromatic nitrogens is 1. The van der Waals surface area contributed by atoms with Gasteiger partial charge in [-0.1, -0.05) is 36.6 Å². The first-order valence-corrected chi connectivity index (χ1v) is 25.4. The van der Waals surface area contributed by atoms with Crippen molar-refractivity contribution < 1.29 is 69.1 Å². The van der Waals surface area contributed by atoms with Gasteiger partial charge in [0, 0.05) is 80.8 Å². The van der Waals surface area contributed by atoms with Crippen LogP contribution in [0.15, 0.2) is 78.1 Å². The van der Waals surface area contributed by atoms with Crippen LogP contribution in [0.25, 0.3) is 5.57 Å². The van der Waals surface area contributed by atoms with Crippen LogP contribution in [0.3, 0.4) is 0 Å². The predicted molar refractivity (Wildman–Crippen MR) is 277 cm³/mol. The number of fused-ring (bicyclic) bond motifs is 1. The average molecular weight is 1110 g/mol. The molecule has 0 saturated carbocycles. The summed E-state index contributed by atoms with van der Waals surface area (Å²) in [4.78, 5) is 38.3. The highest BCUT2D eigenvalue weighted by Gasteiger charge is 2.56. The monoisotopic (exact) mass is 1110 g/mol. The number of alkyl carbamates (subject to hydrolysis) is 2. The summed E-state index contributed by atoms with van der Waals surface area (Å²) in [6.07, 6.45) is -8.20. The molecule has 4 heterocycles. The number of alkyl halides is 7. The summed E-state index contributed by atoms with van der Waals surface area (Å²) in [6, 6.07) is -0.562. The number of nitrogens with one attached hydrogen (secondary N) is 4. The number of hydrogen-bond acceptors (Lipinski definition) is 14. The maximum atomic E-state index is 16.5. The van der Waals surface area contributed by atoms with E-state index >= 15 is 4.39 Å². The van der Waals surface area contributed by atoms with Gasteiger partial charge in [-0.25, -0.2) is 23.4 Å². The summed E-state index contributed by atoms with van der Waals surface area (Å²) in [5.74, 6) is 5.71. The quantitative estimate of drug-likeness (QED) is 0.0461. The summed E-state index contributed by atoms with van der Waals surface area (Å²) in [6.45, 7) is 11.0. The number of morpholine rings is 1. The van der Waals surface area contributed by atoms with E-state index in [1.165, 1.54) is 18.3 Å². The van der Waals surface area contributed by atoms with Gasteiger partial charge in [0.2, 0.25) is 0 Å². The number of anilines is 1. The van der Waals surface area contributed by atoms with Crippen LogP contribution in [0.5, 0.6) is 0 Å². The normalized spacial score (nSPS) is 21.6. The number of nitrogens with zero attached hydrogens (tertiary/aromatic N) is 4. The number of allylic oxidation sites excluding steroid dienone is 5. The molecule has 16 nitrogen and oxygen atoms in total. The predicted octanol–water partition coefficient (Wildman–Crippen LogP) is 6.42. The molecule has 9 unspecified atom stereocenters. The Kier molecular flexibility index (Phi) is 20.3. The number of halogens is 8. The first-order valence-electron chi connectivity index (χ1n) is 25.4. The van der Waals surface area contributed by atoms with Gasteiger partial charge in [0.15, 0.2) is 0 Å². The van der Waals surface area contributed by atoms with E-state index in [2.05, 4.69) is 68.9 Å². The third-order valence-corrected chi connectivity index (χ3v) is 14.9. The smallest absolute Gasteiger partial charge is 0.407 e. The van der Waals surface area contributed by atoms with E-state index in [4.69, 9.17) is 10.5 Å². The first-order chi connectivity index (χ1) is 36.6. The van der Waals surface area contributed by atoms with Crippen molar-refractivity contribution in [3.05, 3.63) is 101 Å². The molecule has 1 aliphatic carbocycles. The molecule has 2 amide bonds. The van der Waals surface area contributed by atoms with Crippen molar-refractivity contribution >= 4 is 29.3 Å². The Bertz CT molecular complexity index is 2630. The van der Waals surface area contributed by atoms with Gasteiger partial charge < -0.3 is 51.0 Å². The number of aliphatic hydroxyl groups is 2. The highest BCUT2D eigenvalue weighted by Crippen LogP contribution is 2.44. The zero-order valence-corrected chi connectivity index (χ0v) is 44.3. The lowest BCUT2D eigenvalue weighted by Crippen LogP contribution is -2.64. The van der Waals surface area contributed by atoms with Crippen LogP contribution in [0.2, 0.25) is 0 Å². The van der Waals surface area contributed by atoms with Crippen LogP contribution in [-0.2, 0) is 20.8 Å². The summed E-state index contributed by atoms with van der Waals surface area (Å²) in [5, 5.41) is 33.2. The second kappa shape index (κ2) is 25.9. The van der Waals surface area contributed by atoms with Gasteiger partial charge in [-0.15, -0.1) is 0 Å². The lowest BCUT2D eigenvalue weighted by atomic mass is 9.76. The molecule has 3 aliphatic heterocycles. The van der Waals surface area contributed by atoms with Crippen molar-refractivity contribution in [2.24, 2.45) is 27.5 Å². The molecular formula is C54H69F8N9O7. The number of methoxy groups -OCH3 is 2. The van der Waals surface area contributed by atoms with E-state index in [0.717, 1.165) is 86.6 Å². The van der Waals surface area contributed by atoms with Crippen molar-refractivity contribution in [3.8, 4) is 11.8 Å². The Morgan fingerprint density at radius 2 is 1.64 bits per heavy atom. The zero-order chi connectivity index (χ0) is 57.3. The number of benzene rings is 1. The Morgan fingerprint density at radius 1 is 0.962 bits per heavy atom. The van der Waals surface area contributed by atoms with Crippen molar-refractivity contribution in [1.82, 2.24) is 31.2 Å². The first kappa shape index (κ1) is 61.3. The highest BCUT2D eigenvalue weighted by molar-refractivity contribution is 6.02. The molecule has 1 aromatic heterocycles. The maximum absolute atomic E-state index is 16.5. The molecule has 0 spiro atoms. The topological polar surface area (TPSA) is 208 Å². The molecule has 0 radical (unpaired) electrons. The summed E-state index contributed by atoms with van der Waals surface area (Å²) in [7, 11) is 1.87. The number of aliphatic hydroxyl groups excluding tert-OH is 2. The number of nitrogens with two attached hydrogens (primary N) is 1. The number of pyridine rings is 1. The average Bonchev–Trinajstić information content (AvgIpc) is 3.44. The third-order valence-electron chi connectivity index (χ3n) is 14.9. The Balaban J connectivity index is 1.23. The van der Waals surface area contributed by atoms with Crippen LogP contribution in [-0.4, -0.2) is 159 Å². The number of rotatable bonds is 19. The number of carbonyl (C=O) groups is 2. The number of amides is 2. The van der Waals surface area contributed by atoms with E-state index in [1.54, 1.807) is 18.3 Å². The summed E-state index contributed by atoms with van der Waals surface area (Å²) in [5.41, 5.74) is 1.81. The minimum atomic E-state index is -4.97. The molecule has 4 aliphatic rings. The minimum absolute atomic E-state index is 0.0205. The Morgan fingerprint density at radius 3 is 2.26 bits per heavy atom. The molecule has 2 saturated heterocycles. The van der Waals surface area contributed by atoms with Crippen LogP contribution in [0.1, 0.15) is 69.2 Å². The zero-order valence-electron chi connectivity index (χ0n) is 44.3. The maximum Gasteiger partial charge on any atom is 0.407 e. The molecule has 8 N–H and O–H groups in total. The molecule has 24 heteroatoms.